The van der Waals surface area contributed by atoms with E-state index >= 15 is 0 Å². The van der Waals surface area contributed by atoms with Crippen molar-refractivity contribution in [2.45, 2.75) is 13.8 Å². The summed E-state index contributed by atoms with van der Waals surface area (Å²) >= 11 is 12.2. The summed E-state index contributed by atoms with van der Waals surface area (Å²) in [6.07, 6.45) is 0. The number of hydrogen-bond donors (Lipinski definition) is 6. The molecule has 0 amide bonds. The molecule has 12 N–H and O–H groups in total. The van der Waals surface area contributed by atoms with Gasteiger partial charge in [0.15, 0.2) is 5.75 Å². The molecule has 2 heterocycles. The number of phenols is 1. The topological polar surface area (TPSA) is 301 Å². The largest absolute Gasteiger partial charge is 0.617 e. The summed E-state index contributed by atoms with van der Waals surface area (Å²) < 4.78 is 20.8. The van der Waals surface area contributed by atoms with E-state index in [1.54, 1.807) is 6.92 Å². The molecule has 0 bridgehead atoms. The average Bonchev–Trinajstić information content (AvgIpc) is 3.15. The zero-order valence-corrected chi connectivity index (χ0v) is 20.0. The maximum Gasteiger partial charge on any atom is 0.524 e. The first-order valence-corrected chi connectivity index (χ1v) is 10.3. The fourth-order valence-electron chi connectivity index (χ4n) is 2.63. The van der Waals surface area contributed by atoms with Gasteiger partial charge >= 0.3 is 13.5 Å². The van der Waals surface area contributed by atoms with Gasteiger partial charge in [-0.05, 0) is 30.2 Å². The number of benzene rings is 1. The summed E-state index contributed by atoms with van der Waals surface area (Å²) in [6.45, 7) is 3.02. The lowest BCUT2D eigenvalue weighted by atomic mass is 10.1. The van der Waals surface area contributed by atoms with Crippen LogP contribution >= 0.6 is 31.0 Å². The van der Waals surface area contributed by atoms with Crippen molar-refractivity contribution in [3.8, 4) is 34.3 Å². The molecular formula is C15H20Cl2N7O9P. The second-order valence-electron chi connectivity index (χ2n) is 6.09. The number of pyridine rings is 1. The highest BCUT2D eigenvalue weighted by Gasteiger charge is 2.29. The van der Waals surface area contributed by atoms with E-state index in [9.17, 15) is 25.0 Å². The van der Waals surface area contributed by atoms with Crippen LogP contribution < -0.4 is 27.7 Å². The number of nitrogens with zero attached hydrogens (tertiary/aromatic N) is 4. The Bertz CT molecular complexity index is 1250. The maximum atomic E-state index is 12.2. The van der Waals surface area contributed by atoms with Crippen molar-refractivity contribution >= 4 is 36.7 Å². The summed E-state index contributed by atoms with van der Waals surface area (Å²) in [5, 5.41) is 36.8. The first-order valence-electron chi connectivity index (χ1n) is 8.00. The molecule has 0 unspecified atom stereocenters. The number of halogens is 2. The van der Waals surface area contributed by atoms with Gasteiger partial charge in [-0.25, -0.2) is 4.57 Å². The van der Waals surface area contributed by atoms with E-state index in [4.69, 9.17) is 37.5 Å². The Kier molecular flexibility index (Phi) is 9.91. The molecule has 1 aromatic carbocycles. The molecule has 0 fully saturated rings. The van der Waals surface area contributed by atoms with E-state index in [-0.39, 0.29) is 57.2 Å². The van der Waals surface area contributed by atoms with Crippen molar-refractivity contribution in [2.24, 2.45) is 0 Å². The lowest BCUT2D eigenvalue weighted by molar-refractivity contribution is -0.609. The molecule has 0 aliphatic heterocycles. The first-order chi connectivity index (χ1) is 14.3. The van der Waals surface area contributed by atoms with E-state index < -0.39 is 29.9 Å². The summed E-state index contributed by atoms with van der Waals surface area (Å²) in [4.78, 5) is 32.2. The molecule has 3 rings (SSSR count). The highest BCUT2D eigenvalue weighted by molar-refractivity contribution is 7.46. The van der Waals surface area contributed by atoms with Crippen molar-refractivity contribution in [3.05, 3.63) is 48.9 Å². The van der Waals surface area contributed by atoms with E-state index in [0.717, 1.165) is 12.1 Å². The number of rotatable bonds is 5. The van der Waals surface area contributed by atoms with Gasteiger partial charge in [0, 0.05) is 13.0 Å². The summed E-state index contributed by atoms with van der Waals surface area (Å²) in [5.41, 5.74) is -0.600. The fourth-order valence-corrected chi connectivity index (χ4v) is 3.55. The average molecular weight is 544 g/mol. The van der Waals surface area contributed by atoms with Gasteiger partial charge in [-0.1, -0.05) is 16.8 Å². The van der Waals surface area contributed by atoms with E-state index in [0.29, 0.717) is 10.3 Å². The molecule has 2 aromatic heterocycles. The van der Waals surface area contributed by atoms with Gasteiger partial charge in [-0.15, -0.1) is 0 Å². The molecule has 16 nitrogen and oxygen atoms in total. The quantitative estimate of drug-likeness (QED) is 0.0668. The third-order valence-corrected chi connectivity index (χ3v) is 5.41. The molecule has 0 radical (unpaired) electrons. The molecule has 34 heavy (non-hydrogen) atoms. The molecule has 0 spiro atoms. The summed E-state index contributed by atoms with van der Waals surface area (Å²) in [7, 11) is -5.17. The van der Waals surface area contributed by atoms with Crippen molar-refractivity contribution in [1.29, 1.82) is 0 Å². The third-order valence-electron chi connectivity index (χ3n) is 4.08. The predicted molar refractivity (Wildman–Crippen MR) is 120 cm³/mol. The molecule has 19 heteroatoms. The van der Waals surface area contributed by atoms with Gasteiger partial charge in [0.1, 0.15) is 10.6 Å². The number of hydrogen-bond acceptors (Lipinski definition) is 12. The summed E-state index contributed by atoms with van der Waals surface area (Å²) in [5.74, 6) is -2.55. The van der Waals surface area contributed by atoms with Gasteiger partial charge in [0.05, 0.1) is 10.5 Å². The van der Waals surface area contributed by atoms with Gasteiger partial charge in [-0.2, -0.15) is 9.71 Å². The Labute approximate surface area is 200 Å². The molecule has 0 aliphatic carbocycles. The second kappa shape index (κ2) is 10.9. The van der Waals surface area contributed by atoms with Crippen LogP contribution in [0.3, 0.4) is 0 Å². The van der Waals surface area contributed by atoms with Gasteiger partial charge in [-0.3, -0.25) is 19.9 Å². The lowest BCUT2D eigenvalue weighted by Gasteiger charge is -2.10. The highest BCUT2D eigenvalue weighted by atomic mass is 35.5. The summed E-state index contributed by atoms with van der Waals surface area (Å²) in [6, 6.07) is 1.67. The number of phosphoric acid groups is 1. The van der Waals surface area contributed by atoms with Crippen molar-refractivity contribution < 1.29 is 38.2 Å². The number of nitro groups is 1. The lowest BCUT2D eigenvalue weighted by Crippen LogP contribution is -2.33. The fraction of sp³-hybridized carbons (Fsp3) is 0.133. The van der Waals surface area contributed by atoms with Gasteiger partial charge < -0.3 is 37.8 Å². The van der Waals surface area contributed by atoms with Crippen LogP contribution in [0, 0.1) is 29.2 Å². The van der Waals surface area contributed by atoms with Gasteiger partial charge in [0.2, 0.25) is 17.3 Å². The Hall–Kier alpha value is -3.08. The van der Waals surface area contributed by atoms with Crippen LogP contribution in [0.4, 0.5) is 5.69 Å². The molecule has 0 aliphatic rings. The number of phosphoric ester groups is 1. The van der Waals surface area contributed by atoms with Crippen LogP contribution in [-0.4, -0.2) is 30.0 Å². The molecule has 0 saturated heterocycles. The second-order valence-corrected chi connectivity index (χ2v) is 7.99. The Morgan fingerprint density at radius 1 is 1.21 bits per heavy atom. The van der Waals surface area contributed by atoms with Crippen LogP contribution in [0.1, 0.15) is 11.3 Å². The standard InChI is InChI=1S/C15H11Cl2N4O9P.3H3N/c1-5-10(13(17)20(23)6(2)11(5)16)14-18-15(29-19-14)7-3-8(21(24)25)12(22)9(4-7)30-31(26,27)28;;;/h3-4,22H,1-2H3,(H2,26,27,28);3*1H3. The Morgan fingerprint density at radius 3 is 2.32 bits per heavy atom. The van der Waals surface area contributed by atoms with E-state index in [2.05, 4.69) is 14.7 Å². The molecule has 0 saturated carbocycles. The van der Waals surface area contributed by atoms with Gasteiger partial charge in [0.25, 0.3) is 11.0 Å². The minimum atomic E-state index is -5.17. The maximum absolute atomic E-state index is 12.2. The predicted octanol–water partition coefficient (Wildman–Crippen LogP) is 3.53. The van der Waals surface area contributed by atoms with E-state index in [1.165, 1.54) is 6.92 Å². The Morgan fingerprint density at radius 2 is 1.79 bits per heavy atom. The molecule has 0 atom stereocenters. The molecule has 188 valence electrons. The number of phenolic OH excluding ortho intramolecular Hbond substituents is 1. The van der Waals surface area contributed by atoms with Crippen LogP contribution in [0.5, 0.6) is 11.5 Å². The minimum Gasteiger partial charge on any atom is -0.617 e. The van der Waals surface area contributed by atoms with Crippen LogP contribution in [0.2, 0.25) is 10.2 Å². The number of aromatic nitrogens is 3. The van der Waals surface area contributed by atoms with Crippen LogP contribution in [0.25, 0.3) is 22.8 Å². The minimum absolute atomic E-state index is 0. The SMILES string of the molecule is Cc1c(Cl)c(C)[n+]([O-])c(Cl)c1-c1noc(-c2cc(OP(=O)(O)O)c(O)c([N+](=O)[O-])c2)n1.N.N.N. The van der Waals surface area contributed by atoms with Crippen molar-refractivity contribution in [1.82, 2.24) is 28.6 Å². The zero-order chi connectivity index (χ0) is 23.2. The first kappa shape index (κ1) is 30.9. The monoisotopic (exact) mass is 543 g/mol. The smallest absolute Gasteiger partial charge is 0.524 e. The molecule has 3 aromatic rings. The molecular weight excluding hydrogens is 524 g/mol. The zero-order valence-electron chi connectivity index (χ0n) is 17.6. The number of nitro benzene ring substituents is 1. The van der Waals surface area contributed by atoms with Crippen LogP contribution in [0.15, 0.2) is 16.7 Å². The van der Waals surface area contributed by atoms with E-state index in [1.807, 2.05) is 0 Å². The van der Waals surface area contributed by atoms with Crippen molar-refractivity contribution in [2.75, 3.05) is 0 Å². The third kappa shape index (κ3) is 5.69. The number of aromatic hydroxyl groups is 1. The highest BCUT2D eigenvalue weighted by Crippen LogP contribution is 2.47. The van der Waals surface area contributed by atoms with Crippen molar-refractivity contribution in [3.63, 3.8) is 0 Å². The Balaban J connectivity index is 0.00000363. The normalized spacial score (nSPS) is 10.5. The van der Waals surface area contributed by atoms with Crippen LogP contribution in [-0.2, 0) is 4.57 Å².